The summed E-state index contributed by atoms with van der Waals surface area (Å²) in [7, 11) is 0. The first-order valence-corrected chi connectivity index (χ1v) is 8.20. The zero-order valence-corrected chi connectivity index (χ0v) is 14.1. The molecular formula is C18H21BrN2. The lowest BCUT2D eigenvalue weighted by atomic mass is 9.74. The number of rotatable bonds is 4. The van der Waals surface area contributed by atoms with Crippen molar-refractivity contribution in [2.75, 3.05) is 0 Å². The average molecular weight is 345 g/mol. The van der Waals surface area contributed by atoms with E-state index in [1.54, 1.807) is 0 Å². The number of benzene rings is 2. The van der Waals surface area contributed by atoms with Gasteiger partial charge in [-0.1, -0.05) is 52.3 Å². The minimum atomic E-state index is 0.203. The summed E-state index contributed by atoms with van der Waals surface area (Å²) in [5.74, 6) is 6.45. The summed E-state index contributed by atoms with van der Waals surface area (Å²) in [6, 6.07) is 13.4. The van der Waals surface area contributed by atoms with E-state index >= 15 is 0 Å². The van der Waals surface area contributed by atoms with Gasteiger partial charge in [0.25, 0.3) is 0 Å². The molecule has 2 nitrogen and oxygen atoms in total. The van der Waals surface area contributed by atoms with Crippen LogP contribution in [0.4, 0.5) is 0 Å². The molecule has 2 aromatic rings. The van der Waals surface area contributed by atoms with E-state index in [4.69, 9.17) is 5.84 Å². The summed E-state index contributed by atoms with van der Waals surface area (Å²) < 4.78 is 1.19. The molecule has 1 aliphatic rings. The second-order valence-electron chi connectivity index (χ2n) is 6.02. The van der Waals surface area contributed by atoms with Crippen molar-refractivity contribution in [2.45, 2.75) is 38.6 Å². The van der Waals surface area contributed by atoms with Gasteiger partial charge < -0.3 is 0 Å². The van der Waals surface area contributed by atoms with E-state index in [-0.39, 0.29) is 6.04 Å². The number of nitrogens with one attached hydrogen (secondary N) is 1. The van der Waals surface area contributed by atoms with Gasteiger partial charge in [-0.2, -0.15) is 0 Å². The monoisotopic (exact) mass is 344 g/mol. The maximum Gasteiger partial charge on any atom is 0.0466 e. The van der Waals surface area contributed by atoms with E-state index in [2.05, 4.69) is 71.6 Å². The first kappa shape index (κ1) is 14.8. The van der Waals surface area contributed by atoms with E-state index in [1.807, 2.05) is 0 Å². The number of nitrogens with two attached hydrogens (primary N) is 1. The van der Waals surface area contributed by atoms with Crippen molar-refractivity contribution in [1.29, 1.82) is 0 Å². The molecular weight excluding hydrogens is 324 g/mol. The van der Waals surface area contributed by atoms with Crippen LogP contribution in [0.1, 0.15) is 46.2 Å². The lowest BCUT2D eigenvalue weighted by molar-refractivity contribution is 0.435. The molecule has 110 valence electrons. The van der Waals surface area contributed by atoms with Gasteiger partial charge in [0.2, 0.25) is 0 Å². The quantitative estimate of drug-likeness (QED) is 0.640. The fraction of sp³-hybridized carbons (Fsp3) is 0.333. The Morgan fingerprint density at radius 3 is 2.52 bits per heavy atom. The molecule has 0 heterocycles. The predicted octanol–water partition coefficient (Wildman–Crippen LogP) is 4.30. The molecule has 0 radical (unpaired) electrons. The van der Waals surface area contributed by atoms with E-state index in [0.717, 1.165) is 6.42 Å². The van der Waals surface area contributed by atoms with Gasteiger partial charge in [-0.15, -0.1) is 0 Å². The van der Waals surface area contributed by atoms with Crippen LogP contribution in [-0.4, -0.2) is 0 Å². The van der Waals surface area contributed by atoms with E-state index in [0.29, 0.717) is 5.92 Å². The lowest BCUT2D eigenvalue weighted by Gasteiger charge is -2.33. The molecule has 0 spiro atoms. The SMILES string of the molecule is Cc1cc(C(CC2Cc3ccccc32)NN)cc(C)c1Br. The van der Waals surface area contributed by atoms with Gasteiger partial charge in [-0.3, -0.25) is 11.3 Å². The molecule has 0 aliphatic heterocycles. The van der Waals surface area contributed by atoms with Crippen LogP contribution < -0.4 is 11.3 Å². The summed E-state index contributed by atoms with van der Waals surface area (Å²) >= 11 is 3.63. The molecule has 3 rings (SSSR count). The van der Waals surface area contributed by atoms with Crippen molar-refractivity contribution in [3.8, 4) is 0 Å². The Balaban J connectivity index is 1.81. The zero-order chi connectivity index (χ0) is 15.0. The van der Waals surface area contributed by atoms with E-state index in [1.165, 1.54) is 38.7 Å². The fourth-order valence-corrected chi connectivity index (χ4v) is 3.57. The Kier molecular flexibility index (Phi) is 4.16. The highest BCUT2D eigenvalue weighted by Gasteiger charge is 2.28. The number of aryl methyl sites for hydroxylation is 2. The molecule has 3 N–H and O–H groups in total. The van der Waals surface area contributed by atoms with E-state index < -0.39 is 0 Å². The first-order chi connectivity index (χ1) is 10.1. The molecule has 0 saturated heterocycles. The average Bonchev–Trinajstić information content (AvgIpc) is 2.45. The van der Waals surface area contributed by atoms with Crippen LogP contribution >= 0.6 is 15.9 Å². The summed E-state index contributed by atoms with van der Waals surface area (Å²) in [5.41, 5.74) is 9.79. The maximum absolute atomic E-state index is 5.83. The number of hydrazine groups is 1. The Morgan fingerprint density at radius 1 is 1.24 bits per heavy atom. The van der Waals surface area contributed by atoms with Gasteiger partial charge in [0.05, 0.1) is 0 Å². The summed E-state index contributed by atoms with van der Waals surface area (Å²) in [4.78, 5) is 0. The van der Waals surface area contributed by atoms with Crippen molar-refractivity contribution < 1.29 is 0 Å². The fourth-order valence-electron chi connectivity index (χ4n) is 3.34. The largest absolute Gasteiger partial charge is 0.271 e. The van der Waals surface area contributed by atoms with Crippen LogP contribution in [0.3, 0.4) is 0 Å². The first-order valence-electron chi connectivity index (χ1n) is 7.40. The third-order valence-electron chi connectivity index (χ3n) is 4.54. The molecule has 0 saturated carbocycles. The van der Waals surface area contributed by atoms with Gasteiger partial charge in [0.15, 0.2) is 0 Å². The molecule has 1 aliphatic carbocycles. The third-order valence-corrected chi connectivity index (χ3v) is 5.79. The second-order valence-corrected chi connectivity index (χ2v) is 6.82. The normalized spacial score (nSPS) is 18.0. The summed E-state index contributed by atoms with van der Waals surface area (Å²) in [6.45, 7) is 4.26. The Bertz CT molecular complexity index is 643. The number of hydrogen-bond acceptors (Lipinski definition) is 2. The van der Waals surface area contributed by atoms with Crippen molar-refractivity contribution in [1.82, 2.24) is 5.43 Å². The highest BCUT2D eigenvalue weighted by atomic mass is 79.9. The Hall–Kier alpha value is -1.16. The Morgan fingerprint density at radius 2 is 1.90 bits per heavy atom. The van der Waals surface area contributed by atoms with Gasteiger partial charge in [0.1, 0.15) is 0 Å². The second kappa shape index (κ2) is 5.91. The number of hydrogen-bond donors (Lipinski definition) is 2. The molecule has 0 bridgehead atoms. The van der Waals surface area contributed by atoms with Crippen LogP contribution in [0, 0.1) is 13.8 Å². The topological polar surface area (TPSA) is 38.0 Å². The van der Waals surface area contributed by atoms with Gasteiger partial charge in [-0.05, 0) is 60.4 Å². The highest BCUT2D eigenvalue weighted by molar-refractivity contribution is 9.10. The molecule has 2 atom stereocenters. The van der Waals surface area contributed by atoms with E-state index in [9.17, 15) is 0 Å². The van der Waals surface area contributed by atoms with Crippen molar-refractivity contribution in [2.24, 2.45) is 5.84 Å². The van der Waals surface area contributed by atoms with Crippen LogP contribution in [0.15, 0.2) is 40.9 Å². The molecule has 3 heteroatoms. The standard InChI is InChI=1S/C18H21BrN2/c1-11-7-15(8-12(2)18(11)19)17(21-20)10-14-9-13-5-3-4-6-16(13)14/h3-8,14,17,21H,9-10,20H2,1-2H3. The van der Waals surface area contributed by atoms with Crippen LogP contribution in [0.5, 0.6) is 0 Å². The lowest BCUT2D eigenvalue weighted by Crippen LogP contribution is -2.31. The molecule has 21 heavy (non-hydrogen) atoms. The third kappa shape index (κ3) is 2.78. The minimum absolute atomic E-state index is 0.203. The maximum atomic E-state index is 5.83. The van der Waals surface area contributed by atoms with Gasteiger partial charge in [-0.25, -0.2) is 0 Å². The number of halogens is 1. The Labute approximate surface area is 134 Å². The molecule has 0 aromatic heterocycles. The number of fused-ring (bicyclic) bond motifs is 1. The highest BCUT2D eigenvalue weighted by Crippen LogP contribution is 2.41. The molecule has 2 unspecified atom stereocenters. The summed E-state index contributed by atoms with van der Waals surface area (Å²) in [6.07, 6.45) is 2.22. The van der Waals surface area contributed by atoms with Crippen LogP contribution in [0.2, 0.25) is 0 Å². The smallest absolute Gasteiger partial charge is 0.0466 e. The van der Waals surface area contributed by atoms with Gasteiger partial charge >= 0.3 is 0 Å². The molecule has 0 fully saturated rings. The minimum Gasteiger partial charge on any atom is -0.271 e. The summed E-state index contributed by atoms with van der Waals surface area (Å²) in [5, 5.41) is 0. The van der Waals surface area contributed by atoms with Crippen molar-refractivity contribution >= 4 is 15.9 Å². The molecule has 2 aromatic carbocycles. The van der Waals surface area contributed by atoms with Gasteiger partial charge in [0, 0.05) is 10.5 Å². The zero-order valence-electron chi connectivity index (χ0n) is 12.5. The molecule has 0 amide bonds. The van der Waals surface area contributed by atoms with Crippen molar-refractivity contribution in [3.63, 3.8) is 0 Å². The predicted molar refractivity (Wildman–Crippen MR) is 91.2 cm³/mol. The van der Waals surface area contributed by atoms with Crippen LogP contribution in [-0.2, 0) is 6.42 Å². The van der Waals surface area contributed by atoms with Crippen molar-refractivity contribution in [3.05, 3.63) is 68.7 Å². The van der Waals surface area contributed by atoms with Crippen LogP contribution in [0.25, 0.3) is 0 Å².